The van der Waals surface area contributed by atoms with E-state index in [4.69, 9.17) is 0 Å². The van der Waals surface area contributed by atoms with Crippen LogP contribution in [0.4, 0.5) is 0 Å². The number of rotatable bonds is 5. The number of benzene rings is 1. The number of hydrogen-bond donors (Lipinski definition) is 2. The Morgan fingerprint density at radius 3 is 2.63 bits per heavy atom. The van der Waals surface area contributed by atoms with Gasteiger partial charge in [-0.05, 0) is 24.1 Å². The lowest BCUT2D eigenvalue weighted by Gasteiger charge is -2.17. The molecule has 0 fully saturated rings. The molecule has 1 amide bonds. The first-order valence-corrected chi connectivity index (χ1v) is 10.6. The van der Waals surface area contributed by atoms with Gasteiger partial charge in [0.05, 0.1) is 10.9 Å². The van der Waals surface area contributed by atoms with Gasteiger partial charge in [0.1, 0.15) is 11.5 Å². The second-order valence-electron chi connectivity index (χ2n) is 6.51. The zero-order valence-corrected chi connectivity index (χ0v) is 17.1. The molecule has 1 aliphatic rings. The van der Waals surface area contributed by atoms with Gasteiger partial charge in [-0.3, -0.25) is 4.79 Å². The molecular formula is C18H25ClN4O3S. The number of carbonyl (C=O) groups excluding carboxylic acids is 1. The van der Waals surface area contributed by atoms with Crippen molar-refractivity contribution in [3.05, 3.63) is 47.5 Å². The molecule has 1 aliphatic heterocycles. The highest BCUT2D eigenvalue weighted by molar-refractivity contribution is 7.90. The van der Waals surface area contributed by atoms with Gasteiger partial charge >= 0.3 is 0 Å². The topological polar surface area (TPSA) is 93.1 Å². The number of fused-ring (bicyclic) bond motifs is 1. The number of halogens is 1. The fourth-order valence-electron chi connectivity index (χ4n) is 3.08. The van der Waals surface area contributed by atoms with Crippen LogP contribution in [0.25, 0.3) is 0 Å². The third-order valence-electron chi connectivity index (χ3n) is 4.57. The Bertz CT molecular complexity index is 870. The molecule has 0 saturated carbocycles. The van der Waals surface area contributed by atoms with E-state index in [1.807, 2.05) is 11.5 Å². The maximum atomic E-state index is 12.6. The van der Waals surface area contributed by atoms with Crippen LogP contribution in [0.5, 0.6) is 0 Å². The molecule has 0 saturated heterocycles. The Kier molecular flexibility index (Phi) is 7.02. The fraction of sp³-hybridized carbons (Fsp3) is 0.444. The zero-order valence-electron chi connectivity index (χ0n) is 15.4. The summed E-state index contributed by atoms with van der Waals surface area (Å²) in [4.78, 5) is 17.4. The summed E-state index contributed by atoms with van der Waals surface area (Å²) in [6.45, 7) is 4.51. The number of nitrogens with one attached hydrogen (secondary N) is 2. The van der Waals surface area contributed by atoms with Crippen molar-refractivity contribution in [1.82, 2.24) is 20.2 Å². The van der Waals surface area contributed by atoms with Crippen LogP contribution in [-0.2, 0) is 22.8 Å². The molecule has 1 unspecified atom stereocenters. The average Bonchev–Trinajstić information content (AvgIpc) is 2.90. The predicted octanol–water partition coefficient (Wildman–Crippen LogP) is 1.74. The van der Waals surface area contributed by atoms with Crippen LogP contribution >= 0.6 is 12.4 Å². The molecule has 148 valence electrons. The summed E-state index contributed by atoms with van der Waals surface area (Å²) in [6, 6.07) is 6.45. The number of aromatic nitrogens is 2. The van der Waals surface area contributed by atoms with Crippen molar-refractivity contribution >= 4 is 28.2 Å². The summed E-state index contributed by atoms with van der Waals surface area (Å²) in [5, 5.41) is 6.31. The predicted molar refractivity (Wildman–Crippen MR) is 106 cm³/mol. The Balaban J connectivity index is 0.00000261. The van der Waals surface area contributed by atoms with Crippen LogP contribution in [0, 0.1) is 0 Å². The molecule has 2 heterocycles. The summed E-state index contributed by atoms with van der Waals surface area (Å²) in [5.41, 5.74) is 1.30. The van der Waals surface area contributed by atoms with Crippen molar-refractivity contribution in [2.24, 2.45) is 0 Å². The fourth-order valence-corrected chi connectivity index (χ4v) is 3.71. The molecule has 2 aromatic rings. The zero-order chi connectivity index (χ0) is 18.7. The summed E-state index contributed by atoms with van der Waals surface area (Å²) in [7, 11) is -3.23. The van der Waals surface area contributed by atoms with E-state index >= 15 is 0 Å². The van der Waals surface area contributed by atoms with E-state index in [2.05, 4.69) is 15.6 Å². The van der Waals surface area contributed by atoms with Crippen molar-refractivity contribution in [1.29, 1.82) is 0 Å². The normalized spacial score (nSPS) is 15.2. The van der Waals surface area contributed by atoms with Gasteiger partial charge in [-0.2, -0.15) is 0 Å². The monoisotopic (exact) mass is 412 g/mol. The maximum Gasteiger partial charge on any atom is 0.271 e. The molecule has 1 aromatic heterocycles. The van der Waals surface area contributed by atoms with Gasteiger partial charge in [0.2, 0.25) is 0 Å². The van der Waals surface area contributed by atoms with Crippen LogP contribution in [0.2, 0.25) is 0 Å². The van der Waals surface area contributed by atoms with Crippen molar-refractivity contribution in [3.63, 3.8) is 0 Å². The first kappa shape index (κ1) is 21.4. The molecule has 0 radical (unpaired) electrons. The molecule has 27 heavy (non-hydrogen) atoms. The lowest BCUT2D eigenvalue weighted by Crippen LogP contribution is -2.28. The van der Waals surface area contributed by atoms with Crippen molar-refractivity contribution < 1.29 is 13.2 Å². The van der Waals surface area contributed by atoms with E-state index in [1.165, 1.54) is 6.26 Å². The standard InChI is InChI=1S/C18H24N4O3S.ClH/c1-3-15(13-4-6-14(7-5-13)26(2,24)25)21-18(23)16-12-22-11-10-19-9-8-17(22)20-16;/h4-7,12,15,19H,3,8-11H2,1-2H3,(H,21,23);1H. The maximum absolute atomic E-state index is 12.6. The van der Waals surface area contributed by atoms with E-state index in [-0.39, 0.29) is 29.3 Å². The van der Waals surface area contributed by atoms with Gasteiger partial charge in [0.15, 0.2) is 9.84 Å². The first-order valence-electron chi connectivity index (χ1n) is 8.76. The second kappa shape index (κ2) is 8.86. The van der Waals surface area contributed by atoms with Gasteiger partial charge in [-0.25, -0.2) is 13.4 Å². The van der Waals surface area contributed by atoms with E-state index < -0.39 is 9.84 Å². The number of hydrogen-bond acceptors (Lipinski definition) is 5. The van der Waals surface area contributed by atoms with Crippen LogP contribution in [0.15, 0.2) is 35.4 Å². The molecule has 1 atom stereocenters. The molecule has 0 aliphatic carbocycles. The number of amides is 1. The van der Waals surface area contributed by atoms with Crippen molar-refractivity contribution in [3.8, 4) is 0 Å². The number of nitrogens with zero attached hydrogens (tertiary/aromatic N) is 2. The number of imidazole rings is 1. The SMILES string of the molecule is CCC(NC(=O)c1cn2c(n1)CCNCC2)c1ccc(S(C)(=O)=O)cc1.Cl. The smallest absolute Gasteiger partial charge is 0.271 e. The minimum Gasteiger partial charge on any atom is -0.344 e. The van der Waals surface area contributed by atoms with Gasteiger partial charge in [0.25, 0.3) is 5.91 Å². The minimum atomic E-state index is -3.23. The van der Waals surface area contributed by atoms with E-state index in [0.29, 0.717) is 12.1 Å². The molecule has 0 bridgehead atoms. The third-order valence-corrected chi connectivity index (χ3v) is 5.70. The lowest BCUT2D eigenvalue weighted by atomic mass is 10.0. The lowest BCUT2D eigenvalue weighted by molar-refractivity contribution is 0.0930. The molecule has 9 heteroatoms. The summed E-state index contributed by atoms with van der Waals surface area (Å²) in [5.74, 6) is 0.711. The third kappa shape index (κ3) is 5.09. The highest BCUT2D eigenvalue weighted by atomic mass is 35.5. The Morgan fingerprint density at radius 2 is 2.00 bits per heavy atom. The number of carbonyl (C=O) groups is 1. The largest absolute Gasteiger partial charge is 0.344 e. The van der Waals surface area contributed by atoms with Crippen LogP contribution in [-0.4, -0.2) is 43.2 Å². The second-order valence-corrected chi connectivity index (χ2v) is 8.53. The molecular weight excluding hydrogens is 388 g/mol. The van der Waals surface area contributed by atoms with Gasteiger partial charge in [-0.1, -0.05) is 19.1 Å². The van der Waals surface area contributed by atoms with Crippen molar-refractivity contribution in [2.45, 2.75) is 37.2 Å². The van der Waals surface area contributed by atoms with Crippen LogP contribution in [0.3, 0.4) is 0 Å². The van der Waals surface area contributed by atoms with Gasteiger partial charge < -0.3 is 15.2 Å². The molecule has 1 aromatic carbocycles. The van der Waals surface area contributed by atoms with Crippen LogP contribution in [0.1, 0.15) is 41.3 Å². The van der Waals surface area contributed by atoms with E-state index in [1.54, 1.807) is 30.5 Å². The Labute approximate surface area is 165 Å². The first-order chi connectivity index (χ1) is 12.4. The summed E-state index contributed by atoms with van der Waals surface area (Å²) in [6.07, 6.45) is 4.48. The highest BCUT2D eigenvalue weighted by Gasteiger charge is 2.19. The number of sulfone groups is 1. The van der Waals surface area contributed by atoms with Gasteiger partial charge in [0, 0.05) is 38.5 Å². The van der Waals surface area contributed by atoms with Gasteiger partial charge in [-0.15, -0.1) is 12.4 Å². The molecule has 7 nitrogen and oxygen atoms in total. The highest BCUT2D eigenvalue weighted by Crippen LogP contribution is 2.20. The average molecular weight is 413 g/mol. The van der Waals surface area contributed by atoms with Crippen LogP contribution < -0.4 is 10.6 Å². The van der Waals surface area contributed by atoms with E-state index in [0.717, 1.165) is 37.4 Å². The molecule has 0 spiro atoms. The molecule has 3 rings (SSSR count). The minimum absolute atomic E-state index is 0. The summed E-state index contributed by atoms with van der Waals surface area (Å²) < 4.78 is 25.2. The quantitative estimate of drug-likeness (QED) is 0.780. The summed E-state index contributed by atoms with van der Waals surface area (Å²) >= 11 is 0. The van der Waals surface area contributed by atoms with Crippen molar-refractivity contribution in [2.75, 3.05) is 19.3 Å². The Hall–Kier alpha value is -1.90. The van der Waals surface area contributed by atoms with E-state index in [9.17, 15) is 13.2 Å². The molecule has 2 N–H and O–H groups in total. The Morgan fingerprint density at radius 1 is 1.30 bits per heavy atom.